The molecule has 1 aromatic carbocycles. The Bertz CT molecular complexity index is 637. The van der Waals surface area contributed by atoms with Crippen LogP contribution in [0.4, 0.5) is 11.4 Å². The number of aliphatic hydroxyl groups is 1. The summed E-state index contributed by atoms with van der Waals surface area (Å²) in [6.45, 7) is 1.89. The molecular formula is C17H23N3O4. The van der Waals surface area contributed by atoms with Crippen molar-refractivity contribution in [2.24, 2.45) is 0 Å². The second kappa shape index (κ2) is 6.76. The number of anilines is 1. The number of nitro groups is 1. The summed E-state index contributed by atoms with van der Waals surface area (Å²) in [6.07, 6.45) is 5.60. The lowest BCUT2D eigenvalue weighted by Crippen LogP contribution is -2.48. The molecule has 1 saturated carbocycles. The normalized spacial score (nSPS) is 19.5. The van der Waals surface area contributed by atoms with Gasteiger partial charge in [-0.3, -0.25) is 14.9 Å². The number of benzene rings is 1. The molecule has 0 bridgehead atoms. The summed E-state index contributed by atoms with van der Waals surface area (Å²) in [6, 6.07) is 4.45. The lowest BCUT2D eigenvalue weighted by atomic mass is 9.80. The van der Waals surface area contributed by atoms with Crippen LogP contribution in [-0.4, -0.2) is 41.2 Å². The van der Waals surface area contributed by atoms with Crippen LogP contribution < -0.4 is 10.2 Å². The zero-order valence-electron chi connectivity index (χ0n) is 13.7. The maximum absolute atomic E-state index is 12.6. The van der Waals surface area contributed by atoms with Gasteiger partial charge in [0.25, 0.3) is 11.6 Å². The molecule has 2 fully saturated rings. The van der Waals surface area contributed by atoms with Gasteiger partial charge in [0.05, 0.1) is 21.8 Å². The number of rotatable bonds is 5. The number of non-ortho nitro benzene ring substituents is 1. The zero-order valence-corrected chi connectivity index (χ0v) is 13.7. The third-order valence-electron chi connectivity index (χ3n) is 4.99. The molecule has 7 heteroatoms. The summed E-state index contributed by atoms with van der Waals surface area (Å²) in [5, 5.41) is 23.9. The SMILES string of the molecule is O=C(NCC1(O)CCC1)c1cc([N+](=O)[O-])ccc1N1CCCCC1. The number of amides is 1. The van der Waals surface area contributed by atoms with E-state index in [9.17, 15) is 20.0 Å². The topological polar surface area (TPSA) is 95.7 Å². The van der Waals surface area contributed by atoms with E-state index in [0.717, 1.165) is 44.5 Å². The number of carbonyl (C=O) groups excluding carboxylic acids is 1. The average molecular weight is 333 g/mol. The van der Waals surface area contributed by atoms with E-state index in [2.05, 4.69) is 10.2 Å². The van der Waals surface area contributed by atoms with Gasteiger partial charge in [0, 0.05) is 31.8 Å². The van der Waals surface area contributed by atoms with E-state index < -0.39 is 10.5 Å². The summed E-state index contributed by atoms with van der Waals surface area (Å²) in [5.41, 5.74) is 0.137. The number of carbonyl (C=O) groups is 1. The lowest BCUT2D eigenvalue weighted by molar-refractivity contribution is -0.384. The van der Waals surface area contributed by atoms with Crippen LogP contribution >= 0.6 is 0 Å². The predicted octanol–water partition coefficient (Wildman–Crippen LogP) is 2.23. The van der Waals surface area contributed by atoms with Crippen molar-refractivity contribution in [3.05, 3.63) is 33.9 Å². The van der Waals surface area contributed by atoms with Crippen molar-refractivity contribution in [3.63, 3.8) is 0 Å². The van der Waals surface area contributed by atoms with E-state index in [1.807, 2.05) is 0 Å². The minimum Gasteiger partial charge on any atom is -0.388 e. The van der Waals surface area contributed by atoms with Gasteiger partial charge < -0.3 is 15.3 Å². The van der Waals surface area contributed by atoms with Crippen molar-refractivity contribution in [2.45, 2.75) is 44.1 Å². The highest BCUT2D eigenvalue weighted by Crippen LogP contribution is 2.31. The molecular weight excluding hydrogens is 310 g/mol. The van der Waals surface area contributed by atoms with Crippen molar-refractivity contribution >= 4 is 17.3 Å². The second-order valence-electron chi connectivity index (χ2n) is 6.77. The zero-order chi connectivity index (χ0) is 17.2. The molecule has 0 radical (unpaired) electrons. The first-order chi connectivity index (χ1) is 11.5. The number of hydrogen-bond donors (Lipinski definition) is 2. The molecule has 1 amide bonds. The smallest absolute Gasteiger partial charge is 0.270 e. The molecule has 1 aromatic rings. The molecule has 24 heavy (non-hydrogen) atoms. The number of nitrogens with zero attached hydrogens (tertiary/aromatic N) is 2. The van der Waals surface area contributed by atoms with E-state index in [1.165, 1.54) is 12.1 Å². The van der Waals surface area contributed by atoms with E-state index in [4.69, 9.17) is 0 Å². The van der Waals surface area contributed by atoms with Crippen LogP contribution in [0.25, 0.3) is 0 Å². The fourth-order valence-corrected chi connectivity index (χ4v) is 3.33. The van der Waals surface area contributed by atoms with Gasteiger partial charge in [-0.1, -0.05) is 0 Å². The van der Waals surface area contributed by atoms with E-state index in [-0.39, 0.29) is 18.1 Å². The van der Waals surface area contributed by atoms with Crippen molar-refractivity contribution in [1.29, 1.82) is 0 Å². The van der Waals surface area contributed by atoms with Gasteiger partial charge in [-0.25, -0.2) is 0 Å². The highest BCUT2D eigenvalue weighted by atomic mass is 16.6. The van der Waals surface area contributed by atoms with Gasteiger partial charge in [0.2, 0.25) is 0 Å². The van der Waals surface area contributed by atoms with Crippen LogP contribution in [0.3, 0.4) is 0 Å². The molecule has 0 spiro atoms. The number of nitrogens with one attached hydrogen (secondary N) is 1. The van der Waals surface area contributed by atoms with Crippen molar-refractivity contribution in [2.75, 3.05) is 24.5 Å². The molecule has 1 heterocycles. The summed E-state index contributed by atoms with van der Waals surface area (Å²) in [4.78, 5) is 25.3. The lowest BCUT2D eigenvalue weighted by Gasteiger charge is -2.36. The summed E-state index contributed by atoms with van der Waals surface area (Å²) < 4.78 is 0. The third kappa shape index (κ3) is 3.51. The number of piperidine rings is 1. The maximum atomic E-state index is 12.6. The van der Waals surface area contributed by atoms with Crippen LogP contribution in [0.1, 0.15) is 48.9 Å². The quantitative estimate of drug-likeness (QED) is 0.636. The fourth-order valence-electron chi connectivity index (χ4n) is 3.33. The summed E-state index contributed by atoms with van der Waals surface area (Å²) in [7, 11) is 0. The number of nitro benzene ring substituents is 1. The van der Waals surface area contributed by atoms with Gasteiger partial charge in [0.1, 0.15) is 0 Å². The Morgan fingerprint density at radius 1 is 1.25 bits per heavy atom. The Kier molecular flexibility index (Phi) is 4.71. The van der Waals surface area contributed by atoms with E-state index in [1.54, 1.807) is 6.07 Å². The molecule has 2 N–H and O–H groups in total. The molecule has 7 nitrogen and oxygen atoms in total. The molecule has 2 aliphatic rings. The fraction of sp³-hybridized carbons (Fsp3) is 0.588. The molecule has 0 aromatic heterocycles. The predicted molar refractivity (Wildman–Crippen MR) is 90.3 cm³/mol. The molecule has 0 unspecified atom stereocenters. The van der Waals surface area contributed by atoms with Crippen LogP contribution in [0.15, 0.2) is 18.2 Å². The van der Waals surface area contributed by atoms with Crippen LogP contribution in [0, 0.1) is 10.1 Å². The summed E-state index contributed by atoms with van der Waals surface area (Å²) in [5.74, 6) is -0.361. The van der Waals surface area contributed by atoms with E-state index in [0.29, 0.717) is 18.4 Å². The minimum absolute atomic E-state index is 0.0942. The van der Waals surface area contributed by atoms with Crippen molar-refractivity contribution in [1.82, 2.24) is 5.32 Å². The monoisotopic (exact) mass is 333 g/mol. The Labute approximate surface area is 140 Å². The van der Waals surface area contributed by atoms with Crippen molar-refractivity contribution in [3.8, 4) is 0 Å². The standard InChI is InChI=1S/C17H23N3O4/c21-16(18-12-17(22)7-4-8-17)14-11-13(20(23)24)5-6-15(14)19-9-2-1-3-10-19/h5-6,11,22H,1-4,7-10,12H2,(H,18,21). The van der Waals surface area contributed by atoms with Gasteiger partial charge in [-0.15, -0.1) is 0 Å². The molecule has 1 aliphatic heterocycles. The van der Waals surface area contributed by atoms with Gasteiger partial charge in [-0.2, -0.15) is 0 Å². The van der Waals surface area contributed by atoms with Gasteiger partial charge in [0.15, 0.2) is 0 Å². The van der Waals surface area contributed by atoms with Crippen LogP contribution in [0.2, 0.25) is 0 Å². The average Bonchev–Trinajstić information content (AvgIpc) is 2.58. The van der Waals surface area contributed by atoms with Crippen LogP contribution in [-0.2, 0) is 0 Å². The Morgan fingerprint density at radius 3 is 2.54 bits per heavy atom. The largest absolute Gasteiger partial charge is 0.388 e. The highest BCUT2D eigenvalue weighted by molar-refractivity contribution is 6.00. The summed E-state index contributed by atoms with van der Waals surface area (Å²) >= 11 is 0. The van der Waals surface area contributed by atoms with Gasteiger partial charge >= 0.3 is 0 Å². The maximum Gasteiger partial charge on any atom is 0.270 e. The Hall–Kier alpha value is -2.15. The molecule has 0 atom stereocenters. The molecule has 130 valence electrons. The number of hydrogen-bond acceptors (Lipinski definition) is 5. The molecule has 1 aliphatic carbocycles. The first-order valence-corrected chi connectivity index (χ1v) is 8.52. The van der Waals surface area contributed by atoms with Crippen LogP contribution in [0.5, 0.6) is 0 Å². The first kappa shape index (κ1) is 16.7. The second-order valence-corrected chi connectivity index (χ2v) is 6.77. The first-order valence-electron chi connectivity index (χ1n) is 8.52. The third-order valence-corrected chi connectivity index (χ3v) is 4.99. The molecule has 3 rings (SSSR count). The van der Waals surface area contributed by atoms with Gasteiger partial charge in [-0.05, 0) is 44.6 Å². The molecule has 1 saturated heterocycles. The minimum atomic E-state index is -0.818. The Morgan fingerprint density at radius 2 is 1.96 bits per heavy atom. The highest BCUT2D eigenvalue weighted by Gasteiger charge is 2.35. The van der Waals surface area contributed by atoms with Crippen molar-refractivity contribution < 1.29 is 14.8 Å². The Balaban J connectivity index is 1.82. The van der Waals surface area contributed by atoms with E-state index >= 15 is 0 Å².